The minimum absolute atomic E-state index is 0.152. The number of esters is 1. The highest BCUT2D eigenvalue weighted by Gasteiger charge is 2.45. The number of hydrogen-bond donors (Lipinski definition) is 1. The lowest BCUT2D eigenvalue weighted by molar-refractivity contribution is -0.141. The first-order valence-corrected chi connectivity index (χ1v) is 9.55. The van der Waals surface area contributed by atoms with Crippen molar-refractivity contribution >= 4 is 46.5 Å². The molecule has 2 aromatic rings. The quantitative estimate of drug-likeness (QED) is 0.535. The van der Waals surface area contributed by atoms with E-state index in [2.05, 4.69) is 5.32 Å². The lowest BCUT2D eigenvalue weighted by Crippen LogP contribution is -2.41. The third-order valence-electron chi connectivity index (χ3n) is 4.61. The van der Waals surface area contributed by atoms with Crippen LogP contribution in [0, 0.1) is 0 Å². The highest BCUT2D eigenvalue weighted by Crippen LogP contribution is 2.27. The van der Waals surface area contributed by atoms with Gasteiger partial charge in [0.05, 0.1) is 26.3 Å². The molecule has 0 saturated carbocycles. The summed E-state index contributed by atoms with van der Waals surface area (Å²) in [5.41, 5.74) is 1.13. The highest BCUT2D eigenvalue weighted by molar-refractivity contribution is 7.80. The number of thiocarbonyl (C=S) groups is 1. The van der Waals surface area contributed by atoms with Gasteiger partial charge in [0.15, 0.2) is 5.11 Å². The average molecular weight is 427 g/mol. The Balaban J connectivity index is 1.79. The summed E-state index contributed by atoms with van der Waals surface area (Å²) in [6.45, 7) is -0.231. The average Bonchev–Trinajstić information content (AvgIpc) is 2.98. The van der Waals surface area contributed by atoms with Gasteiger partial charge < -0.3 is 19.7 Å². The molecule has 1 N–H and O–H groups in total. The SMILES string of the molecule is COC(=O)CN1C(=S)N(c2ccccc2)C(=O)[C@@H]1CC(=O)Nc1ccc(OC)cc1. The minimum Gasteiger partial charge on any atom is -0.497 e. The number of nitrogens with one attached hydrogen (secondary N) is 1. The van der Waals surface area contributed by atoms with E-state index in [-0.39, 0.29) is 29.9 Å². The number of amides is 2. The Labute approximate surface area is 179 Å². The van der Waals surface area contributed by atoms with Crippen LogP contribution in [0.1, 0.15) is 6.42 Å². The molecule has 1 aliphatic heterocycles. The lowest BCUT2D eigenvalue weighted by Gasteiger charge is -2.22. The molecule has 8 nitrogen and oxygen atoms in total. The molecular weight excluding hydrogens is 406 g/mol. The maximum absolute atomic E-state index is 13.1. The van der Waals surface area contributed by atoms with E-state index in [1.165, 1.54) is 16.9 Å². The van der Waals surface area contributed by atoms with Crippen molar-refractivity contribution in [3.63, 3.8) is 0 Å². The first-order chi connectivity index (χ1) is 14.4. The summed E-state index contributed by atoms with van der Waals surface area (Å²) in [6, 6.07) is 14.7. The largest absolute Gasteiger partial charge is 0.497 e. The molecule has 1 atom stereocenters. The summed E-state index contributed by atoms with van der Waals surface area (Å²) in [7, 11) is 2.81. The Morgan fingerprint density at radius 2 is 1.73 bits per heavy atom. The molecule has 156 valence electrons. The Morgan fingerprint density at radius 3 is 2.33 bits per heavy atom. The number of rotatable bonds is 7. The fourth-order valence-electron chi connectivity index (χ4n) is 3.09. The van der Waals surface area contributed by atoms with Crippen LogP contribution in [-0.2, 0) is 19.1 Å². The van der Waals surface area contributed by atoms with Crippen molar-refractivity contribution in [1.82, 2.24) is 4.90 Å². The Kier molecular flexibility index (Phi) is 6.63. The normalized spacial score (nSPS) is 15.9. The fourth-order valence-corrected chi connectivity index (χ4v) is 3.48. The van der Waals surface area contributed by atoms with Crippen LogP contribution >= 0.6 is 12.2 Å². The third-order valence-corrected chi connectivity index (χ3v) is 5.03. The predicted octanol–water partition coefficient (Wildman–Crippen LogP) is 2.20. The molecule has 9 heteroatoms. The van der Waals surface area contributed by atoms with E-state index in [0.29, 0.717) is 17.1 Å². The van der Waals surface area contributed by atoms with Crippen molar-refractivity contribution in [2.45, 2.75) is 12.5 Å². The summed E-state index contributed by atoms with van der Waals surface area (Å²) in [6.07, 6.45) is -0.175. The van der Waals surface area contributed by atoms with E-state index >= 15 is 0 Å². The Morgan fingerprint density at radius 1 is 1.07 bits per heavy atom. The molecule has 0 aliphatic carbocycles. The second kappa shape index (κ2) is 9.36. The number of benzene rings is 2. The zero-order valence-electron chi connectivity index (χ0n) is 16.5. The number of carbonyl (C=O) groups excluding carboxylic acids is 3. The summed E-state index contributed by atoms with van der Waals surface area (Å²) in [5.74, 6) is -0.654. The second-order valence-corrected chi connectivity index (χ2v) is 6.86. The summed E-state index contributed by atoms with van der Waals surface area (Å²) in [5, 5.41) is 2.90. The molecule has 0 unspecified atom stereocenters. The van der Waals surface area contributed by atoms with Crippen molar-refractivity contribution in [2.75, 3.05) is 31.0 Å². The summed E-state index contributed by atoms with van der Waals surface area (Å²) >= 11 is 5.45. The summed E-state index contributed by atoms with van der Waals surface area (Å²) < 4.78 is 9.82. The van der Waals surface area contributed by atoms with Crippen LogP contribution in [-0.4, -0.2) is 54.6 Å². The van der Waals surface area contributed by atoms with Crippen molar-refractivity contribution in [3.05, 3.63) is 54.6 Å². The molecule has 0 aromatic heterocycles. The molecule has 0 spiro atoms. The molecule has 1 heterocycles. The lowest BCUT2D eigenvalue weighted by atomic mass is 10.1. The van der Waals surface area contributed by atoms with Gasteiger partial charge in [-0.25, -0.2) is 0 Å². The summed E-state index contributed by atoms with van der Waals surface area (Å²) in [4.78, 5) is 40.4. The first kappa shape index (κ1) is 21.3. The van der Waals surface area contributed by atoms with Crippen molar-refractivity contribution in [3.8, 4) is 5.75 Å². The van der Waals surface area contributed by atoms with Crippen LogP contribution in [0.2, 0.25) is 0 Å². The van der Waals surface area contributed by atoms with Crippen molar-refractivity contribution in [2.24, 2.45) is 0 Å². The number of anilines is 2. The number of carbonyl (C=O) groups is 3. The standard InChI is InChI=1S/C21H21N3O5S/c1-28-16-10-8-14(9-11-16)22-18(25)12-17-20(27)24(15-6-4-3-5-7-15)21(30)23(17)13-19(26)29-2/h3-11,17H,12-13H2,1-2H3,(H,22,25)/t17-/m0/s1. The van der Waals surface area contributed by atoms with Crippen LogP contribution < -0.4 is 15.0 Å². The van der Waals surface area contributed by atoms with Crippen molar-refractivity contribution in [1.29, 1.82) is 0 Å². The monoisotopic (exact) mass is 427 g/mol. The number of methoxy groups -OCH3 is 2. The number of nitrogens with zero attached hydrogens (tertiary/aromatic N) is 2. The molecule has 0 bridgehead atoms. The van der Waals surface area contributed by atoms with Gasteiger partial charge >= 0.3 is 5.97 Å². The van der Waals surface area contributed by atoms with E-state index in [1.807, 2.05) is 6.07 Å². The van der Waals surface area contributed by atoms with Gasteiger partial charge in [-0.05, 0) is 48.6 Å². The van der Waals surface area contributed by atoms with Crippen LogP contribution in [0.4, 0.5) is 11.4 Å². The maximum atomic E-state index is 13.1. The highest BCUT2D eigenvalue weighted by atomic mass is 32.1. The van der Waals surface area contributed by atoms with Crippen LogP contribution in [0.3, 0.4) is 0 Å². The number of para-hydroxylation sites is 1. The molecule has 1 fully saturated rings. The predicted molar refractivity (Wildman–Crippen MR) is 115 cm³/mol. The first-order valence-electron chi connectivity index (χ1n) is 9.15. The van der Waals surface area contributed by atoms with E-state index in [1.54, 1.807) is 55.6 Å². The van der Waals surface area contributed by atoms with E-state index in [4.69, 9.17) is 21.7 Å². The molecular formula is C21H21N3O5S. The molecule has 1 aliphatic rings. The third kappa shape index (κ3) is 4.57. The van der Waals surface area contributed by atoms with Crippen LogP contribution in [0.5, 0.6) is 5.75 Å². The molecule has 3 rings (SSSR count). The fraction of sp³-hybridized carbons (Fsp3) is 0.238. The van der Waals surface area contributed by atoms with Gasteiger partial charge in [0.25, 0.3) is 5.91 Å². The van der Waals surface area contributed by atoms with Gasteiger partial charge in [-0.3, -0.25) is 19.3 Å². The van der Waals surface area contributed by atoms with Gasteiger partial charge in [-0.15, -0.1) is 0 Å². The topological polar surface area (TPSA) is 88.2 Å². The van der Waals surface area contributed by atoms with Gasteiger partial charge in [0.1, 0.15) is 18.3 Å². The van der Waals surface area contributed by atoms with E-state index < -0.39 is 12.0 Å². The molecule has 2 amide bonds. The number of hydrogen-bond acceptors (Lipinski definition) is 6. The molecule has 30 heavy (non-hydrogen) atoms. The molecule has 1 saturated heterocycles. The molecule has 2 aromatic carbocycles. The van der Waals surface area contributed by atoms with Crippen molar-refractivity contribution < 1.29 is 23.9 Å². The zero-order valence-corrected chi connectivity index (χ0v) is 17.3. The minimum atomic E-state index is -0.921. The Hall–Kier alpha value is -3.46. The zero-order chi connectivity index (χ0) is 21.7. The smallest absolute Gasteiger partial charge is 0.325 e. The number of ether oxygens (including phenoxy) is 2. The van der Waals surface area contributed by atoms with Gasteiger partial charge in [-0.2, -0.15) is 0 Å². The molecule has 0 radical (unpaired) electrons. The van der Waals surface area contributed by atoms with E-state index in [9.17, 15) is 14.4 Å². The second-order valence-electron chi connectivity index (χ2n) is 6.49. The van der Waals surface area contributed by atoms with Crippen LogP contribution in [0.15, 0.2) is 54.6 Å². The maximum Gasteiger partial charge on any atom is 0.325 e. The van der Waals surface area contributed by atoms with Gasteiger partial charge in [0, 0.05) is 5.69 Å². The Bertz CT molecular complexity index is 949. The van der Waals surface area contributed by atoms with Gasteiger partial charge in [0.2, 0.25) is 5.91 Å². The van der Waals surface area contributed by atoms with E-state index in [0.717, 1.165) is 0 Å². The van der Waals surface area contributed by atoms with Gasteiger partial charge in [-0.1, -0.05) is 18.2 Å². The van der Waals surface area contributed by atoms with Crippen LogP contribution in [0.25, 0.3) is 0 Å².